The van der Waals surface area contributed by atoms with E-state index in [-0.39, 0.29) is 12.1 Å². The Morgan fingerprint density at radius 1 is 1.32 bits per heavy atom. The number of carbonyl (C=O) groups is 2. The molecule has 0 unspecified atom stereocenters. The molecule has 0 atom stereocenters. The quantitative estimate of drug-likeness (QED) is 0.763. The van der Waals surface area contributed by atoms with Gasteiger partial charge in [-0.2, -0.15) is 0 Å². The first kappa shape index (κ1) is 14.9. The van der Waals surface area contributed by atoms with Crippen LogP contribution in [0.3, 0.4) is 0 Å². The fourth-order valence-electron chi connectivity index (χ4n) is 1.40. The van der Waals surface area contributed by atoms with Gasteiger partial charge in [0.2, 0.25) is 0 Å². The highest BCUT2D eigenvalue weighted by Crippen LogP contribution is 2.07. The summed E-state index contributed by atoms with van der Waals surface area (Å²) in [6, 6.07) is 2.54. The number of methoxy groups -OCH3 is 1. The van der Waals surface area contributed by atoms with Crippen LogP contribution in [0, 0.1) is 0 Å². The van der Waals surface area contributed by atoms with E-state index >= 15 is 0 Å². The molecule has 104 valence electrons. The third kappa shape index (κ3) is 4.57. The Kier molecular flexibility index (Phi) is 4.47. The van der Waals surface area contributed by atoms with Crippen LogP contribution >= 0.6 is 0 Å². The minimum atomic E-state index is -0.605. The lowest BCUT2D eigenvalue weighted by atomic mass is 10.2. The number of carbonyl (C=O) groups excluding carboxylic acids is 2. The van der Waals surface area contributed by atoms with Crippen molar-refractivity contribution in [2.24, 2.45) is 0 Å². The van der Waals surface area contributed by atoms with E-state index in [0.29, 0.717) is 0 Å². The summed E-state index contributed by atoms with van der Waals surface area (Å²) < 4.78 is 10.8. The van der Waals surface area contributed by atoms with Gasteiger partial charge < -0.3 is 14.0 Å². The number of esters is 2. The molecule has 1 aromatic rings. The summed E-state index contributed by atoms with van der Waals surface area (Å²) in [6.07, 6.45) is 1.36. The monoisotopic (exact) mass is 267 g/mol. The topological polar surface area (TPSA) is 74.6 Å². The fraction of sp³-hybridized carbons (Fsp3) is 0.462. The van der Waals surface area contributed by atoms with E-state index in [2.05, 4.69) is 4.74 Å². The zero-order valence-corrected chi connectivity index (χ0v) is 11.4. The molecular weight excluding hydrogens is 250 g/mol. The summed E-state index contributed by atoms with van der Waals surface area (Å²) in [4.78, 5) is 34.5. The van der Waals surface area contributed by atoms with Gasteiger partial charge in [0.15, 0.2) is 0 Å². The van der Waals surface area contributed by atoms with E-state index in [1.807, 2.05) is 0 Å². The van der Waals surface area contributed by atoms with E-state index in [1.165, 1.54) is 23.9 Å². The maximum absolute atomic E-state index is 11.7. The molecule has 0 aromatic carbocycles. The molecule has 0 amide bonds. The molecule has 0 spiro atoms. The van der Waals surface area contributed by atoms with Crippen LogP contribution < -0.4 is 5.56 Å². The largest absolute Gasteiger partial charge is 0.465 e. The van der Waals surface area contributed by atoms with Crippen LogP contribution in [-0.2, 0) is 20.8 Å². The molecule has 0 aliphatic carbocycles. The lowest BCUT2D eigenvalue weighted by molar-refractivity contribution is -0.155. The van der Waals surface area contributed by atoms with Crippen LogP contribution in [0.2, 0.25) is 0 Å². The Balaban J connectivity index is 2.84. The van der Waals surface area contributed by atoms with Gasteiger partial charge >= 0.3 is 11.9 Å². The van der Waals surface area contributed by atoms with E-state index in [1.54, 1.807) is 20.8 Å². The number of rotatable bonds is 3. The molecule has 1 rings (SSSR count). The zero-order valence-electron chi connectivity index (χ0n) is 11.4. The second kappa shape index (κ2) is 5.69. The minimum Gasteiger partial charge on any atom is -0.465 e. The van der Waals surface area contributed by atoms with E-state index in [0.717, 1.165) is 6.07 Å². The molecular formula is C13H17NO5. The smallest absolute Gasteiger partial charge is 0.338 e. The summed E-state index contributed by atoms with van der Waals surface area (Å²) in [5, 5.41) is 0. The number of nitrogens with zero attached hydrogens (tertiary/aromatic N) is 1. The highest BCUT2D eigenvalue weighted by atomic mass is 16.6. The van der Waals surface area contributed by atoms with Gasteiger partial charge in [0, 0.05) is 12.3 Å². The van der Waals surface area contributed by atoms with Crippen molar-refractivity contribution < 1.29 is 19.1 Å². The molecule has 6 heteroatoms. The molecule has 0 fully saturated rings. The van der Waals surface area contributed by atoms with E-state index in [9.17, 15) is 14.4 Å². The van der Waals surface area contributed by atoms with Crippen molar-refractivity contribution in [1.82, 2.24) is 4.57 Å². The SMILES string of the molecule is COC(=O)c1ccn(CC(=O)OC(C)(C)C)c(=O)c1. The van der Waals surface area contributed by atoms with Crippen molar-refractivity contribution in [3.8, 4) is 0 Å². The number of hydrogen-bond acceptors (Lipinski definition) is 5. The normalized spacial score (nSPS) is 10.9. The van der Waals surface area contributed by atoms with Crippen LogP contribution in [0.4, 0.5) is 0 Å². The standard InChI is InChI=1S/C13H17NO5/c1-13(2,3)19-11(16)8-14-6-5-9(7-10(14)15)12(17)18-4/h5-7H,8H2,1-4H3. The molecule has 0 aliphatic rings. The van der Waals surface area contributed by atoms with Gasteiger partial charge in [-0.25, -0.2) is 4.79 Å². The van der Waals surface area contributed by atoms with Crippen LogP contribution in [0.15, 0.2) is 23.1 Å². The van der Waals surface area contributed by atoms with E-state index < -0.39 is 23.1 Å². The Morgan fingerprint density at radius 2 is 1.95 bits per heavy atom. The fourth-order valence-corrected chi connectivity index (χ4v) is 1.40. The van der Waals surface area contributed by atoms with Gasteiger partial charge in [-0.3, -0.25) is 9.59 Å². The van der Waals surface area contributed by atoms with Crippen LogP contribution in [0.1, 0.15) is 31.1 Å². The van der Waals surface area contributed by atoms with Gasteiger partial charge in [0.25, 0.3) is 5.56 Å². The third-order valence-corrected chi connectivity index (χ3v) is 2.14. The molecule has 6 nitrogen and oxygen atoms in total. The summed E-state index contributed by atoms with van der Waals surface area (Å²) in [7, 11) is 1.23. The summed E-state index contributed by atoms with van der Waals surface area (Å²) in [5.41, 5.74) is -0.922. The molecule has 0 N–H and O–H groups in total. The highest BCUT2D eigenvalue weighted by molar-refractivity contribution is 5.89. The summed E-state index contributed by atoms with van der Waals surface area (Å²) in [5.74, 6) is -1.11. The lowest BCUT2D eigenvalue weighted by Crippen LogP contribution is -2.30. The predicted octanol–water partition coefficient (Wildman–Crippen LogP) is 0.977. The third-order valence-electron chi connectivity index (χ3n) is 2.14. The lowest BCUT2D eigenvalue weighted by Gasteiger charge is -2.19. The molecule has 0 saturated carbocycles. The average Bonchev–Trinajstić information content (AvgIpc) is 2.28. The van der Waals surface area contributed by atoms with Crippen molar-refractivity contribution in [3.05, 3.63) is 34.2 Å². The molecule has 1 aromatic heterocycles. The minimum absolute atomic E-state index is 0.146. The second-order valence-corrected chi connectivity index (χ2v) is 4.96. The first-order valence-corrected chi connectivity index (χ1v) is 5.73. The maximum Gasteiger partial charge on any atom is 0.338 e. The Hall–Kier alpha value is -2.11. The molecule has 19 heavy (non-hydrogen) atoms. The number of pyridine rings is 1. The van der Waals surface area contributed by atoms with Crippen LogP contribution in [0.25, 0.3) is 0 Å². The molecule has 1 heterocycles. The first-order valence-electron chi connectivity index (χ1n) is 5.73. The van der Waals surface area contributed by atoms with Gasteiger partial charge in [-0.1, -0.05) is 0 Å². The van der Waals surface area contributed by atoms with Gasteiger partial charge in [0.05, 0.1) is 12.7 Å². The Bertz CT molecular complexity index is 539. The van der Waals surface area contributed by atoms with Gasteiger partial charge in [-0.15, -0.1) is 0 Å². The molecule has 0 saturated heterocycles. The first-order chi connectivity index (χ1) is 8.73. The van der Waals surface area contributed by atoms with Crippen molar-refractivity contribution in [2.75, 3.05) is 7.11 Å². The van der Waals surface area contributed by atoms with Crippen LogP contribution in [-0.4, -0.2) is 29.2 Å². The summed E-state index contributed by atoms with van der Waals surface area (Å²) >= 11 is 0. The number of hydrogen-bond donors (Lipinski definition) is 0. The zero-order chi connectivity index (χ0) is 14.6. The maximum atomic E-state index is 11.7. The van der Waals surface area contributed by atoms with Crippen LogP contribution in [0.5, 0.6) is 0 Å². The van der Waals surface area contributed by atoms with Gasteiger partial charge in [0.1, 0.15) is 12.1 Å². The van der Waals surface area contributed by atoms with Crippen molar-refractivity contribution in [3.63, 3.8) is 0 Å². The number of aromatic nitrogens is 1. The predicted molar refractivity (Wildman–Crippen MR) is 67.9 cm³/mol. The molecule has 0 bridgehead atoms. The average molecular weight is 267 g/mol. The number of ether oxygens (including phenoxy) is 2. The molecule has 0 radical (unpaired) electrons. The van der Waals surface area contributed by atoms with Crippen molar-refractivity contribution >= 4 is 11.9 Å². The van der Waals surface area contributed by atoms with Crippen molar-refractivity contribution in [2.45, 2.75) is 32.9 Å². The summed E-state index contributed by atoms with van der Waals surface area (Å²) in [6.45, 7) is 5.04. The van der Waals surface area contributed by atoms with Gasteiger partial charge in [-0.05, 0) is 26.8 Å². The Morgan fingerprint density at radius 3 is 2.42 bits per heavy atom. The highest BCUT2D eigenvalue weighted by Gasteiger charge is 2.17. The Labute approximate surface area is 110 Å². The van der Waals surface area contributed by atoms with E-state index in [4.69, 9.17) is 4.74 Å². The molecule has 0 aliphatic heterocycles. The second-order valence-electron chi connectivity index (χ2n) is 4.96. The van der Waals surface area contributed by atoms with Crippen molar-refractivity contribution in [1.29, 1.82) is 0 Å².